The van der Waals surface area contributed by atoms with E-state index >= 15 is 0 Å². The fraction of sp³-hybridized carbons (Fsp3) is 0.462. The molecule has 0 bridgehead atoms. The maximum absolute atomic E-state index is 6.12. The van der Waals surface area contributed by atoms with Crippen molar-refractivity contribution < 1.29 is 0 Å². The van der Waals surface area contributed by atoms with E-state index in [9.17, 15) is 0 Å². The van der Waals surface area contributed by atoms with Crippen LogP contribution in [0, 0.1) is 0 Å². The summed E-state index contributed by atoms with van der Waals surface area (Å²) in [5.74, 6) is 0. The molecule has 1 N–H and O–H groups in total. The van der Waals surface area contributed by atoms with E-state index in [1.54, 1.807) is 6.07 Å². The zero-order chi connectivity index (χ0) is 13.5. The Kier molecular flexibility index (Phi) is 6.76. The van der Waals surface area contributed by atoms with Gasteiger partial charge in [-0.05, 0) is 37.2 Å². The van der Waals surface area contributed by atoms with Gasteiger partial charge in [0.15, 0.2) is 5.11 Å². The average molecular weight is 305 g/mol. The highest BCUT2D eigenvalue weighted by molar-refractivity contribution is 7.80. The number of hydrogen-bond donors (Lipinski definition) is 1. The second-order valence-corrected chi connectivity index (χ2v) is 5.19. The molecule has 0 fully saturated rings. The SMILES string of the molecule is CCCN(CCC)C(=S)Nc1cccc(Cl)c1Cl. The van der Waals surface area contributed by atoms with Gasteiger partial charge in [0, 0.05) is 13.1 Å². The van der Waals surface area contributed by atoms with Crippen LogP contribution in [0.3, 0.4) is 0 Å². The number of anilines is 1. The van der Waals surface area contributed by atoms with Crippen molar-refractivity contribution in [1.29, 1.82) is 0 Å². The lowest BCUT2D eigenvalue weighted by atomic mass is 10.3. The fourth-order valence-corrected chi connectivity index (χ4v) is 2.29. The summed E-state index contributed by atoms with van der Waals surface area (Å²) in [7, 11) is 0. The van der Waals surface area contributed by atoms with Gasteiger partial charge in [-0.25, -0.2) is 0 Å². The van der Waals surface area contributed by atoms with Crippen LogP contribution in [0.2, 0.25) is 10.0 Å². The molecule has 0 atom stereocenters. The number of benzene rings is 1. The monoisotopic (exact) mass is 304 g/mol. The van der Waals surface area contributed by atoms with Crippen LogP contribution < -0.4 is 5.32 Å². The van der Waals surface area contributed by atoms with Gasteiger partial charge in [0.2, 0.25) is 0 Å². The van der Waals surface area contributed by atoms with Gasteiger partial charge in [0.25, 0.3) is 0 Å². The smallest absolute Gasteiger partial charge is 0.173 e. The molecule has 18 heavy (non-hydrogen) atoms. The van der Waals surface area contributed by atoms with Gasteiger partial charge in [-0.15, -0.1) is 0 Å². The molecule has 2 nitrogen and oxygen atoms in total. The summed E-state index contributed by atoms with van der Waals surface area (Å²) >= 11 is 17.5. The average Bonchev–Trinajstić information content (AvgIpc) is 2.34. The Bertz CT molecular complexity index is 404. The molecule has 1 aromatic rings. The zero-order valence-electron chi connectivity index (χ0n) is 10.7. The van der Waals surface area contributed by atoms with E-state index in [1.807, 2.05) is 12.1 Å². The number of thiocarbonyl (C=S) groups is 1. The summed E-state index contributed by atoms with van der Waals surface area (Å²) in [6.07, 6.45) is 2.12. The first-order valence-corrected chi connectivity index (χ1v) is 7.26. The molecule has 0 unspecified atom stereocenters. The highest BCUT2D eigenvalue weighted by Crippen LogP contribution is 2.29. The third-order valence-corrected chi connectivity index (χ3v) is 3.65. The number of rotatable bonds is 5. The highest BCUT2D eigenvalue weighted by atomic mass is 35.5. The predicted molar refractivity (Wildman–Crippen MR) is 84.8 cm³/mol. The van der Waals surface area contributed by atoms with E-state index in [2.05, 4.69) is 24.1 Å². The third-order valence-electron chi connectivity index (χ3n) is 2.47. The molecule has 1 rings (SSSR count). The van der Waals surface area contributed by atoms with Gasteiger partial charge in [0.1, 0.15) is 0 Å². The van der Waals surface area contributed by atoms with Crippen molar-refractivity contribution in [2.24, 2.45) is 0 Å². The molecule has 100 valence electrons. The first-order chi connectivity index (χ1) is 8.60. The maximum atomic E-state index is 6.12. The van der Waals surface area contributed by atoms with Gasteiger partial charge >= 0.3 is 0 Å². The van der Waals surface area contributed by atoms with Crippen LogP contribution in [-0.2, 0) is 0 Å². The van der Waals surface area contributed by atoms with Gasteiger partial charge in [-0.1, -0.05) is 43.1 Å². The minimum Gasteiger partial charge on any atom is -0.349 e. The van der Waals surface area contributed by atoms with Crippen LogP contribution in [-0.4, -0.2) is 23.1 Å². The Morgan fingerprint density at radius 3 is 2.39 bits per heavy atom. The van der Waals surface area contributed by atoms with E-state index in [-0.39, 0.29) is 0 Å². The zero-order valence-corrected chi connectivity index (χ0v) is 13.0. The maximum Gasteiger partial charge on any atom is 0.173 e. The van der Waals surface area contributed by atoms with Gasteiger partial charge < -0.3 is 10.2 Å². The lowest BCUT2D eigenvalue weighted by molar-refractivity contribution is 0.423. The minimum absolute atomic E-state index is 0.509. The predicted octanol–water partition coefficient (Wildman–Crippen LogP) is 4.81. The Balaban J connectivity index is 2.75. The number of nitrogens with one attached hydrogen (secondary N) is 1. The van der Waals surface area contributed by atoms with Crippen molar-refractivity contribution in [3.05, 3.63) is 28.2 Å². The lowest BCUT2D eigenvalue weighted by Crippen LogP contribution is -2.36. The molecule has 0 spiro atoms. The molecule has 1 aromatic carbocycles. The van der Waals surface area contributed by atoms with Gasteiger partial charge in [0.05, 0.1) is 15.7 Å². The van der Waals surface area contributed by atoms with Crippen molar-refractivity contribution in [3.8, 4) is 0 Å². The Hall–Kier alpha value is -0.510. The molecule has 0 aliphatic carbocycles. The standard InChI is InChI=1S/C13H18Cl2N2S/c1-3-8-17(9-4-2)13(18)16-11-7-5-6-10(14)12(11)15/h5-7H,3-4,8-9H2,1-2H3,(H,16,18). The van der Waals surface area contributed by atoms with Crippen LogP contribution in [0.25, 0.3) is 0 Å². The van der Waals surface area contributed by atoms with Gasteiger partial charge in [-0.3, -0.25) is 0 Å². The Morgan fingerprint density at radius 2 is 1.83 bits per heavy atom. The molecule has 0 saturated heterocycles. The van der Waals surface area contributed by atoms with Crippen molar-refractivity contribution in [2.75, 3.05) is 18.4 Å². The van der Waals surface area contributed by atoms with E-state index in [4.69, 9.17) is 35.4 Å². The third kappa shape index (κ3) is 4.30. The summed E-state index contributed by atoms with van der Waals surface area (Å²) in [4.78, 5) is 2.15. The fourth-order valence-electron chi connectivity index (χ4n) is 1.65. The second-order valence-electron chi connectivity index (χ2n) is 4.02. The molecule has 0 aliphatic heterocycles. The minimum atomic E-state index is 0.509. The molecular formula is C13H18Cl2N2S. The summed E-state index contributed by atoms with van der Waals surface area (Å²) in [5.41, 5.74) is 0.756. The van der Waals surface area contributed by atoms with Crippen LogP contribution in [0.4, 0.5) is 5.69 Å². The second kappa shape index (κ2) is 7.82. The number of hydrogen-bond acceptors (Lipinski definition) is 1. The largest absolute Gasteiger partial charge is 0.349 e. The van der Waals surface area contributed by atoms with E-state index < -0.39 is 0 Å². The molecule has 0 radical (unpaired) electrons. The van der Waals surface area contributed by atoms with Crippen molar-refractivity contribution in [2.45, 2.75) is 26.7 Å². The Labute approximate surface area is 124 Å². The summed E-state index contributed by atoms with van der Waals surface area (Å²) in [6, 6.07) is 5.48. The number of nitrogens with zero attached hydrogens (tertiary/aromatic N) is 1. The molecule has 5 heteroatoms. The topological polar surface area (TPSA) is 15.3 Å². The van der Waals surface area contributed by atoms with Crippen molar-refractivity contribution in [3.63, 3.8) is 0 Å². The molecule has 0 aliphatic rings. The van der Waals surface area contributed by atoms with E-state index in [1.165, 1.54) is 0 Å². The van der Waals surface area contributed by atoms with Crippen LogP contribution in [0.1, 0.15) is 26.7 Å². The van der Waals surface area contributed by atoms with Gasteiger partial charge in [-0.2, -0.15) is 0 Å². The normalized spacial score (nSPS) is 10.2. The summed E-state index contributed by atoms with van der Waals surface area (Å²) in [6.45, 7) is 6.16. The lowest BCUT2D eigenvalue weighted by Gasteiger charge is -2.25. The summed E-state index contributed by atoms with van der Waals surface area (Å²) < 4.78 is 0. The van der Waals surface area contributed by atoms with Crippen LogP contribution >= 0.6 is 35.4 Å². The first-order valence-electron chi connectivity index (χ1n) is 6.10. The van der Waals surface area contributed by atoms with Crippen molar-refractivity contribution in [1.82, 2.24) is 4.90 Å². The quantitative estimate of drug-likeness (QED) is 0.786. The molecule has 0 saturated carbocycles. The summed E-state index contributed by atoms with van der Waals surface area (Å²) in [5, 5.41) is 4.90. The van der Waals surface area contributed by atoms with Crippen LogP contribution in [0.5, 0.6) is 0 Å². The highest BCUT2D eigenvalue weighted by Gasteiger charge is 2.10. The van der Waals surface area contributed by atoms with Crippen LogP contribution in [0.15, 0.2) is 18.2 Å². The van der Waals surface area contributed by atoms with E-state index in [0.717, 1.165) is 31.6 Å². The molecule has 0 aromatic heterocycles. The Morgan fingerprint density at radius 1 is 1.22 bits per heavy atom. The van der Waals surface area contributed by atoms with E-state index in [0.29, 0.717) is 15.2 Å². The first kappa shape index (κ1) is 15.5. The van der Waals surface area contributed by atoms with Crippen molar-refractivity contribution >= 4 is 46.2 Å². The molecular weight excluding hydrogens is 287 g/mol. The number of halogens is 2. The molecule has 0 heterocycles. The molecule has 0 amide bonds.